The van der Waals surface area contributed by atoms with Crippen LogP contribution in [0.25, 0.3) is 5.82 Å². The Balaban J connectivity index is 2.53. The summed E-state index contributed by atoms with van der Waals surface area (Å²) in [7, 11) is 0. The minimum Gasteiger partial charge on any atom is -0.223 e. The minimum atomic E-state index is -4.45. The number of alkyl halides is 3. The van der Waals surface area contributed by atoms with E-state index in [-0.39, 0.29) is 11.0 Å². The van der Waals surface area contributed by atoms with Crippen molar-refractivity contribution in [1.29, 1.82) is 0 Å². The molecule has 0 N–H and O–H groups in total. The molecular formula is C9H5ClF3N3. The number of hydrogen-bond donors (Lipinski definition) is 0. The van der Waals surface area contributed by atoms with E-state index in [2.05, 4.69) is 10.1 Å². The van der Waals surface area contributed by atoms with E-state index >= 15 is 0 Å². The molecule has 0 saturated carbocycles. The zero-order valence-electron chi connectivity index (χ0n) is 7.74. The maximum atomic E-state index is 12.5. The Bertz CT molecular complexity index is 493. The molecule has 2 rings (SSSR count). The van der Waals surface area contributed by atoms with Gasteiger partial charge in [0.25, 0.3) is 0 Å². The predicted molar refractivity (Wildman–Crippen MR) is 51.4 cm³/mol. The van der Waals surface area contributed by atoms with Crippen LogP contribution in [0.3, 0.4) is 0 Å². The summed E-state index contributed by atoms with van der Waals surface area (Å²) in [5, 5.41) is 3.56. The number of rotatable bonds is 1. The van der Waals surface area contributed by atoms with Crippen LogP contribution >= 0.6 is 11.6 Å². The summed E-state index contributed by atoms with van der Waals surface area (Å²) in [4.78, 5) is 3.76. The average Bonchev–Trinajstić information content (AvgIpc) is 2.68. The van der Waals surface area contributed by atoms with Gasteiger partial charge in [-0.1, -0.05) is 11.6 Å². The van der Waals surface area contributed by atoms with Gasteiger partial charge in [0.15, 0.2) is 5.82 Å². The highest BCUT2D eigenvalue weighted by Gasteiger charge is 2.31. The van der Waals surface area contributed by atoms with E-state index in [1.54, 1.807) is 6.07 Å². The predicted octanol–water partition coefficient (Wildman–Crippen LogP) is 2.94. The quantitative estimate of drug-likeness (QED) is 0.726. The van der Waals surface area contributed by atoms with Gasteiger partial charge in [0.05, 0.1) is 5.56 Å². The largest absolute Gasteiger partial charge is 0.416 e. The number of nitrogens with zero attached hydrogens (tertiary/aromatic N) is 3. The van der Waals surface area contributed by atoms with Gasteiger partial charge in [0.1, 0.15) is 5.15 Å². The maximum Gasteiger partial charge on any atom is 0.416 e. The van der Waals surface area contributed by atoms with Crippen LogP contribution in [0.5, 0.6) is 0 Å². The molecule has 0 aliphatic heterocycles. The molecule has 0 aliphatic carbocycles. The Morgan fingerprint density at radius 3 is 2.56 bits per heavy atom. The summed E-state index contributed by atoms with van der Waals surface area (Å²) in [6.07, 6.45) is -1.52. The first-order valence-electron chi connectivity index (χ1n) is 4.21. The van der Waals surface area contributed by atoms with E-state index in [0.717, 1.165) is 12.1 Å². The number of pyridine rings is 1. The van der Waals surface area contributed by atoms with Crippen molar-refractivity contribution in [3.63, 3.8) is 0 Å². The van der Waals surface area contributed by atoms with E-state index in [9.17, 15) is 13.2 Å². The number of aromatic nitrogens is 3. The third-order valence-corrected chi connectivity index (χ3v) is 2.04. The van der Waals surface area contributed by atoms with E-state index in [1.807, 2.05) is 0 Å². The van der Waals surface area contributed by atoms with E-state index in [4.69, 9.17) is 11.6 Å². The second-order valence-corrected chi connectivity index (χ2v) is 3.37. The first kappa shape index (κ1) is 10.9. The van der Waals surface area contributed by atoms with Crippen LogP contribution in [0.4, 0.5) is 13.2 Å². The molecule has 0 fully saturated rings. The van der Waals surface area contributed by atoms with Gasteiger partial charge in [0, 0.05) is 12.4 Å². The van der Waals surface area contributed by atoms with Crippen LogP contribution < -0.4 is 0 Å². The number of halogens is 4. The summed E-state index contributed by atoms with van der Waals surface area (Å²) in [5.74, 6) is 0.0322. The molecule has 3 nitrogen and oxygen atoms in total. The molecule has 0 aliphatic rings. The zero-order valence-corrected chi connectivity index (χ0v) is 8.50. The van der Waals surface area contributed by atoms with Crippen LogP contribution in [0.2, 0.25) is 5.15 Å². The van der Waals surface area contributed by atoms with Crippen LogP contribution in [-0.2, 0) is 6.18 Å². The molecule has 7 heteroatoms. The third kappa shape index (κ3) is 2.16. The first-order chi connectivity index (χ1) is 7.47. The fourth-order valence-electron chi connectivity index (χ4n) is 1.17. The highest BCUT2D eigenvalue weighted by Crippen LogP contribution is 2.31. The van der Waals surface area contributed by atoms with Gasteiger partial charge in [-0.25, -0.2) is 9.67 Å². The van der Waals surface area contributed by atoms with Gasteiger partial charge in [0.2, 0.25) is 0 Å². The molecule has 84 valence electrons. The van der Waals surface area contributed by atoms with Crippen LogP contribution in [0.1, 0.15) is 5.56 Å². The minimum absolute atomic E-state index is 0.0322. The zero-order chi connectivity index (χ0) is 11.8. The molecule has 0 amide bonds. The maximum absolute atomic E-state index is 12.5. The van der Waals surface area contributed by atoms with Crippen molar-refractivity contribution in [3.05, 3.63) is 41.3 Å². The molecule has 0 bridgehead atoms. The molecule has 0 aromatic carbocycles. The van der Waals surface area contributed by atoms with Crippen molar-refractivity contribution in [1.82, 2.24) is 14.8 Å². The van der Waals surface area contributed by atoms with Crippen molar-refractivity contribution in [3.8, 4) is 5.82 Å². The summed E-state index contributed by atoms with van der Waals surface area (Å²) in [6.45, 7) is 0. The molecule has 0 unspecified atom stereocenters. The van der Waals surface area contributed by atoms with Crippen molar-refractivity contribution in [2.45, 2.75) is 6.18 Å². The second-order valence-electron chi connectivity index (χ2n) is 2.99. The Kier molecular flexibility index (Phi) is 2.59. The van der Waals surface area contributed by atoms with Crippen LogP contribution in [0, 0.1) is 0 Å². The molecule has 2 aromatic heterocycles. The van der Waals surface area contributed by atoms with Gasteiger partial charge in [-0.15, -0.1) is 0 Å². The Morgan fingerprint density at radius 2 is 2.00 bits per heavy atom. The summed E-state index contributed by atoms with van der Waals surface area (Å²) >= 11 is 5.52. The smallest absolute Gasteiger partial charge is 0.223 e. The highest BCUT2D eigenvalue weighted by molar-refractivity contribution is 6.29. The fourth-order valence-corrected chi connectivity index (χ4v) is 1.37. The van der Waals surface area contributed by atoms with Gasteiger partial charge in [-0.05, 0) is 18.2 Å². The summed E-state index contributed by atoms with van der Waals surface area (Å²) < 4.78 is 38.6. The summed E-state index contributed by atoms with van der Waals surface area (Å²) in [6, 6.07) is 3.24. The normalized spacial score (nSPS) is 11.8. The van der Waals surface area contributed by atoms with Crippen molar-refractivity contribution < 1.29 is 13.2 Å². The summed E-state index contributed by atoms with van der Waals surface area (Å²) in [5.41, 5.74) is -0.849. The average molecular weight is 248 g/mol. The molecule has 16 heavy (non-hydrogen) atoms. The lowest BCUT2D eigenvalue weighted by molar-refractivity contribution is -0.137. The lowest BCUT2D eigenvalue weighted by Gasteiger charge is -2.08. The van der Waals surface area contributed by atoms with E-state index < -0.39 is 11.7 Å². The van der Waals surface area contributed by atoms with Gasteiger partial charge >= 0.3 is 6.18 Å². The fraction of sp³-hybridized carbons (Fsp3) is 0.111. The second kappa shape index (κ2) is 3.79. The van der Waals surface area contributed by atoms with E-state index in [0.29, 0.717) is 0 Å². The van der Waals surface area contributed by atoms with Gasteiger partial charge in [-0.3, -0.25) is 0 Å². The number of hydrogen-bond acceptors (Lipinski definition) is 2. The molecule has 0 radical (unpaired) electrons. The molecule has 0 atom stereocenters. The Labute approximate surface area is 93.5 Å². The van der Waals surface area contributed by atoms with Gasteiger partial charge < -0.3 is 0 Å². The lowest BCUT2D eigenvalue weighted by Crippen LogP contribution is -2.08. The van der Waals surface area contributed by atoms with Crippen LogP contribution in [-0.4, -0.2) is 14.8 Å². The van der Waals surface area contributed by atoms with Crippen molar-refractivity contribution in [2.24, 2.45) is 0 Å². The molecule has 2 aromatic rings. The van der Waals surface area contributed by atoms with E-state index in [1.165, 1.54) is 17.1 Å². The Morgan fingerprint density at radius 1 is 1.25 bits per heavy atom. The first-order valence-corrected chi connectivity index (χ1v) is 4.59. The monoisotopic (exact) mass is 247 g/mol. The molecular weight excluding hydrogens is 243 g/mol. The van der Waals surface area contributed by atoms with Crippen molar-refractivity contribution in [2.75, 3.05) is 0 Å². The molecule has 2 heterocycles. The molecule has 0 saturated heterocycles. The SMILES string of the molecule is FC(F)(F)c1cc(Cl)nc(-n2cccn2)c1. The van der Waals surface area contributed by atoms with Crippen LogP contribution in [0.15, 0.2) is 30.6 Å². The molecule has 0 spiro atoms. The standard InChI is InChI=1S/C9H5ClF3N3/c10-7-4-6(9(11,12)13)5-8(15-7)16-3-1-2-14-16/h1-5H. The lowest BCUT2D eigenvalue weighted by atomic mass is 10.2. The Hall–Kier alpha value is -1.56. The highest BCUT2D eigenvalue weighted by atomic mass is 35.5. The van der Waals surface area contributed by atoms with Crippen molar-refractivity contribution >= 4 is 11.6 Å². The van der Waals surface area contributed by atoms with Gasteiger partial charge in [-0.2, -0.15) is 18.3 Å². The third-order valence-electron chi connectivity index (χ3n) is 1.85. The topological polar surface area (TPSA) is 30.7 Å².